The van der Waals surface area contributed by atoms with Gasteiger partial charge in [0.15, 0.2) is 0 Å². The molecule has 0 bridgehead atoms. The molecule has 0 aromatic carbocycles. The van der Waals surface area contributed by atoms with E-state index in [-0.39, 0.29) is 5.91 Å². The Labute approximate surface area is 102 Å². The summed E-state index contributed by atoms with van der Waals surface area (Å²) in [6.07, 6.45) is 2.61. The molecule has 1 saturated heterocycles. The fourth-order valence-corrected chi connectivity index (χ4v) is 2.37. The van der Waals surface area contributed by atoms with Crippen LogP contribution in [0.5, 0.6) is 0 Å². The third kappa shape index (κ3) is 3.00. The molecule has 94 valence electrons. The molecular formula is C13H19NO3. The predicted molar refractivity (Wildman–Crippen MR) is 64.2 cm³/mol. The quantitative estimate of drug-likeness (QED) is 0.757. The van der Waals surface area contributed by atoms with E-state index >= 15 is 0 Å². The minimum absolute atomic E-state index is 0.192. The van der Waals surface area contributed by atoms with Crippen LogP contribution in [0, 0.1) is 17.3 Å². The molecule has 0 radical (unpaired) electrons. The first-order valence-electron chi connectivity index (χ1n) is 6.01. The van der Waals surface area contributed by atoms with Crippen LogP contribution in [0.2, 0.25) is 0 Å². The Bertz CT molecular complexity index is 357. The molecule has 1 rings (SSSR count). The average molecular weight is 237 g/mol. The van der Waals surface area contributed by atoms with Gasteiger partial charge in [0.25, 0.3) is 5.91 Å². The molecule has 0 atom stereocenters. The number of carboxylic acid groups (broad SMARTS) is 1. The summed E-state index contributed by atoms with van der Waals surface area (Å²) in [6, 6.07) is 0. The average Bonchev–Trinajstić information content (AvgIpc) is 2.30. The molecule has 0 saturated carbocycles. The second-order valence-electron chi connectivity index (χ2n) is 4.50. The predicted octanol–water partition coefficient (Wildman–Crippen LogP) is 1.50. The van der Waals surface area contributed by atoms with Crippen LogP contribution in [-0.2, 0) is 9.59 Å². The molecule has 1 amide bonds. The van der Waals surface area contributed by atoms with Crippen molar-refractivity contribution in [3.05, 3.63) is 0 Å². The van der Waals surface area contributed by atoms with E-state index in [1.165, 1.54) is 0 Å². The number of hydrogen-bond acceptors (Lipinski definition) is 2. The minimum atomic E-state index is -0.729. The molecule has 0 aliphatic carbocycles. The second kappa shape index (κ2) is 5.72. The number of likely N-dealkylation sites (tertiary alicyclic amines) is 1. The van der Waals surface area contributed by atoms with Gasteiger partial charge >= 0.3 is 5.97 Å². The third-order valence-electron chi connectivity index (χ3n) is 3.42. The summed E-state index contributed by atoms with van der Waals surface area (Å²) >= 11 is 0. The highest BCUT2D eigenvalue weighted by molar-refractivity contribution is 5.93. The van der Waals surface area contributed by atoms with Crippen molar-refractivity contribution in [1.82, 2.24) is 4.90 Å². The Kier molecular flexibility index (Phi) is 4.56. The summed E-state index contributed by atoms with van der Waals surface area (Å²) in [7, 11) is 0. The van der Waals surface area contributed by atoms with Gasteiger partial charge in [0.1, 0.15) is 0 Å². The number of amides is 1. The van der Waals surface area contributed by atoms with Crippen molar-refractivity contribution in [2.45, 2.75) is 39.5 Å². The number of carbonyl (C=O) groups excluding carboxylic acids is 1. The van der Waals surface area contributed by atoms with E-state index < -0.39 is 11.4 Å². The van der Waals surface area contributed by atoms with Gasteiger partial charge in [0, 0.05) is 13.1 Å². The molecule has 0 aromatic rings. The van der Waals surface area contributed by atoms with Crippen molar-refractivity contribution in [1.29, 1.82) is 0 Å². The van der Waals surface area contributed by atoms with E-state index in [0.717, 1.165) is 6.42 Å². The first-order valence-corrected chi connectivity index (χ1v) is 6.01. The van der Waals surface area contributed by atoms with Gasteiger partial charge in [-0.3, -0.25) is 9.59 Å². The highest BCUT2D eigenvalue weighted by Crippen LogP contribution is 2.36. The van der Waals surface area contributed by atoms with Crippen molar-refractivity contribution >= 4 is 11.9 Å². The Morgan fingerprint density at radius 3 is 2.35 bits per heavy atom. The lowest BCUT2D eigenvalue weighted by atomic mass is 9.75. The molecule has 4 heteroatoms. The molecule has 0 spiro atoms. The van der Waals surface area contributed by atoms with Crippen LogP contribution in [0.4, 0.5) is 0 Å². The monoisotopic (exact) mass is 237 g/mol. The van der Waals surface area contributed by atoms with Gasteiger partial charge < -0.3 is 10.0 Å². The summed E-state index contributed by atoms with van der Waals surface area (Å²) in [6.45, 7) is 4.62. The van der Waals surface area contributed by atoms with E-state index in [0.29, 0.717) is 32.4 Å². The maximum atomic E-state index is 11.5. The molecule has 1 aliphatic rings. The van der Waals surface area contributed by atoms with E-state index in [1.54, 1.807) is 11.8 Å². The van der Waals surface area contributed by atoms with Crippen LogP contribution in [0.15, 0.2) is 0 Å². The third-order valence-corrected chi connectivity index (χ3v) is 3.42. The van der Waals surface area contributed by atoms with E-state index in [9.17, 15) is 14.7 Å². The first-order chi connectivity index (χ1) is 8.05. The zero-order valence-corrected chi connectivity index (χ0v) is 10.5. The van der Waals surface area contributed by atoms with Crippen molar-refractivity contribution < 1.29 is 14.7 Å². The van der Waals surface area contributed by atoms with Crippen LogP contribution in [0.25, 0.3) is 0 Å². The number of rotatable bonds is 3. The molecule has 4 nitrogen and oxygen atoms in total. The van der Waals surface area contributed by atoms with Crippen molar-refractivity contribution in [3.63, 3.8) is 0 Å². The molecule has 1 heterocycles. The molecular weight excluding hydrogens is 218 g/mol. The van der Waals surface area contributed by atoms with Crippen LogP contribution >= 0.6 is 0 Å². The summed E-state index contributed by atoms with van der Waals surface area (Å²) < 4.78 is 0. The fraction of sp³-hybridized carbons (Fsp3) is 0.692. The van der Waals surface area contributed by atoms with E-state index in [1.807, 2.05) is 6.92 Å². The van der Waals surface area contributed by atoms with Gasteiger partial charge in [0.2, 0.25) is 0 Å². The summed E-state index contributed by atoms with van der Waals surface area (Å²) in [5.41, 5.74) is -0.634. The van der Waals surface area contributed by atoms with Gasteiger partial charge in [-0.1, -0.05) is 19.3 Å². The molecule has 17 heavy (non-hydrogen) atoms. The smallest absolute Gasteiger partial charge is 0.309 e. The van der Waals surface area contributed by atoms with Crippen molar-refractivity contribution in [3.8, 4) is 11.8 Å². The number of aliphatic carboxylic acids is 1. The lowest BCUT2D eigenvalue weighted by Crippen LogP contribution is -2.46. The number of nitrogens with zero attached hydrogens (tertiary/aromatic N) is 1. The van der Waals surface area contributed by atoms with Gasteiger partial charge in [-0.25, -0.2) is 0 Å². The molecule has 0 unspecified atom stereocenters. The van der Waals surface area contributed by atoms with E-state index in [4.69, 9.17) is 0 Å². The molecule has 1 fully saturated rings. The zero-order chi connectivity index (χ0) is 12.9. The van der Waals surface area contributed by atoms with Gasteiger partial charge in [-0.05, 0) is 32.1 Å². The summed E-state index contributed by atoms with van der Waals surface area (Å²) in [5.74, 6) is 4.15. The lowest BCUT2D eigenvalue weighted by molar-refractivity contribution is -0.154. The number of carbonyl (C=O) groups is 2. The number of hydrogen-bond donors (Lipinski definition) is 1. The highest BCUT2D eigenvalue weighted by atomic mass is 16.4. The highest BCUT2D eigenvalue weighted by Gasteiger charge is 2.41. The Balaban J connectivity index is 2.66. The standard InChI is InChI=1S/C13H19NO3/c1-3-5-11(15)14-9-7-13(6-4-2,8-10-14)12(16)17/h4,6-10H2,1-2H3,(H,16,17). The molecule has 0 aromatic heterocycles. The topological polar surface area (TPSA) is 57.6 Å². The number of piperidine rings is 1. The van der Waals surface area contributed by atoms with Gasteiger partial charge in [-0.15, -0.1) is 0 Å². The largest absolute Gasteiger partial charge is 0.481 e. The van der Waals surface area contributed by atoms with Crippen molar-refractivity contribution in [2.24, 2.45) is 5.41 Å². The normalized spacial score (nSPS) is 18.1. The summed E-state index contributed by atoms with van der Waals surface area (Å²) in [4.78, 5) is 24.5. The molecule has 1 aliphatic heterocycles. The second-order valence-corrected chi connectivity index (χ2v) is 4.50. The first kappa shape index (κ1) is 13.6. The van der Waals surface area contributed by atoms with Crippen molar-refractivity contribution in [2.75, 3.05) is 13.1 Å². The maximum absolute atomic E-state index is 11.5. The van der Waals surface area contributed by atoms with Crippen LogP contribution in [0.3, 0.4) is 0 Å². The lowest BCUT2D eigenvalue weighted by Gasteiger charge is -2.38. The Hall–Kier alpha value is -1.50. The number of carboxylic acids is 1. The van der Waals surface area contributed by atoms with Crippen LogP contribution in [0.1, 0.15) is 39.5 Å². The fourth-order valence-electron chi connectivity index (χ4n) is 2.37. The Morgan fingerprint density at radius 1 is 1.35 bits per heavy atom. The SMILES string of the molecule is CC#CC(=O)N1CCC(CCC)(C(=O)O)CC1. The zero-order valence-electron chi connectivity index (χ0n) is 10.5. The van der Waals surface area contributed by atoms with Gasteiger partial charge in [-0.2, -0.15) is 0 Å². The van der Waals surface area contributed by atoms with Gasteiger partial charge in [0.05, 0.1) is 5.41 Å². The van der Waals surface area contributed by atoms with Crippen LogP contribution < -0.4 is 0 Å². The minimum Gasteiger partial charge on any atom is -0.481 e. The molecule has 1 N–H and O–H groups in total. The maximum Gasteiger partial charge on any atom is 0.309 e. The summed E-state index contributed by atoms with van der Waals surface area (Å²) in [5, 5.41) is 9.32. The van der Waals surface area contributed by atoms with E-state index in [2.05, 4.69) is 11.8 Å². The van der Waals surface area contributed by atoms with Crippen LogP contribution in [-0.4, -0.2) is 35.0 Å². The Morgan fingerprint density at radius 2 is 1.94 bits per heavy atom.